The molecule has 1 aliphatic heterocycles. The Bertz CT molecular complexity index is 1150. The Morgan fingerprint density at radius 3 is 2.36 bits per heavy atom. The number of carbonyl (C=O) groups excluding carboxylic acids is 2. The van der Waals surface area contributed by atoms with E-state index in [1.807, 2.05) is 26.0 Å². The highest BCUT2D eigenvalue weighted by Gasteiger charge is 2.31. The van der Waals surface area contributed by atoms with Crippen LogP contribution >= 0.6 is 0 Å². The minimum atomic E-state index is -4.07. The van der Waals surface area contributed by atoms with Crippen molar-refractivity contribution in [2.24, 2.45) is 5.92 Å². The van der Waals surface area contributed by atoms with Crippen molar-refractivity contribution in [1.29, 1.82) is 0 Å². The summed E-state index contributed by atoms with van der Waals surface area (Å²) < 4.78 is 44.1. The van der Waals surface area contributed by atoms with Gasteiger partial charge in [-0.3, -0.25) is 9.59 Å². The van der Waals surface area contributed by atoms with Crippen LogP contribution in [0.3, 0.4) is 0 Å². The van der Waals surface area contributed by atoms with Gasteiger partial charge in [0, 0.05) is 11.8 Å². The molecule has 2 aromatic carbocycles. The van der Waals surface area contributed by atoms with Gasteiger partial charge in [0.25, 0.3) is 5.91 Å². The van der Waals surface area contributed by atoms with Crippen LogP contribution in [0.5, 0.6) is 11.5 Å². The summed E-state index contributed by atoms with van der Waals surface area (Å²) in [6, 6.07) is 8.47. The van der Waals surface area contributed by atoms with Crippen molar-refractivity contribution < 1.29 is 32.2 Å². The third-order valence-electron chi connectivity index (χ3n) is 5.16. The Kier molecular flexibility index (Phi) is 7.60. The molecule has 2 N–H and O–H groups in total. The summed E-state index contributed by atoms with van der Waals surface area (Å²) in [5.74, 6) is -1.02. The minimum absolute atomic E-state index is 0.0716. The lowest BCUT2D eigenvalue weighted by atomic mass is 10.1. The zero-order valence-electron chi connectivity index (χ0n) is 19.0. The standard InChI is InChI=1S/C23H28N2O7S/c1-14(2)22(23(27)32-13-21(26)24-17-6-5-15(3)16(4)11-17)25-33(28,29)18-7-8-19-20(12-18)31-10-9-30-19/h5-8,11-12,14,22,25H,9-10,13H2,1-4H3,(H,24,26)/t22-/m0/s1. The van der Waals surface area contributed by atoms with Gasteiger partial charge in [-0.25, -0.2) is 8.42 Å². The molecule has 33 heavy (non-hydrogen) atoms. The summed E-state index contributed by atoms with van der Waals surface area (Å²) in [5.41, 5.74) is 2.68. The molecule has 10 heteroatoms. The van der Waals surface area contributed by atoms with Crippen LogP contribution in [0.15, 0.2) is 41.3 Å². The van der Waals surface area contributed by atoms with E-state index >= 15 is 0 Å². The molecule has 0 fully saturated rings. The maximum Gasteiger partial charge on any atom is 0.324 e. The molecule has 1 atom stereocenters. The Balaban J connectivity index is 1.63. The van der Waals surface area contributed by atoms with Crippen molar-refractivity contribution in [2.75, 3.05) is 25.1 Å². The van der Waals surface area contributed by atoms with Crippen LogP contribution in [0, 0.1) is 19.8 Å². The number of benzene rings is 2. The van der Waals surface area contributed by atoms with Gasteiger partial charge in [-0.05, 0) is 55.2 Å². The predicted octanol–water partition coefficient (Wildman–Crippen LogP) is 2.56. The number of nitrogens with one attached hydrogen (secondary N) is 2. The molecule has 9 nitrogen and oxygen atoms in total. The zero-order valence-corrected chi connectivity index (χ0v) is 19.8. The van der Waals surface area contributed by atoms with Gasteiger partial charge >= 0.3 is 5.97 Å². The average Bonchev–Trinajstić information content (AvgIpc) is 2.78. The molecule has 1 heterocycles. The Morgan fingerprint density at radius 1 is 1.00 bits per heavy atom. The first-order valence-electron chi connectivity index (χ1n) is 10.5. The quantitative estimate of drug-likeness (QED) is 0.562. The highest BCUT2D eigenvalue weighted by molar-refractivity contribution is 7.89. The van der Waals surface area contributed by atoms with Crippen LogP contribution in [0.25, 0.3) is 0 Å². The van der Waals surface area contributed by atoms with Gasteiger partial charge in [-0.2, -0.15) is 4.72 Å². The van der Waals surface area contributed by atoms with Gasteiger partial charge in [0.15, 0.2) is 18.1 Å². The fourth-order valence-electron chi connectivity index (χ4n) is 3.13. The van der Waals surface area contributed by atoms with E-state index in [0.29, 0.717) is 30.4 Å². The summed E-state index contributed by atoms with van der Waals surface area (Å²) in [5, 5.41) is 2.66. The summed E-state index contributed by atoms with van der Waals surface area (Å²) in [6.07, 6.45) is 0. The van der Waals surface area contributed by atoms with E-state index in [4.69, 9.17) is 14.2 Å². The lowest BCUT2D eigenvalue weighted by Gasteiger charge is -2.22. The van der Waals surface area contributed by atoms with Crippen molar-refractivity contribution in [3.05, 3.63) is 47.5 Å². The summed E-state index contributed by atoms with van der Waals surface area (Å²) >= 11 is 0. The Hall–Kier alpha value is -3.11. The predicted molar refractivity (Wildman–Crippen MR) is 122 cm³/mol. The summed E-state index contributed by atoms with van der Waals surface area (Å²) in [4.78, 5) is 24.7. The fourth-order valence-corrected chi connectivity index (χ4v) is 4.47. The van der Waals surface area contributed by atoms with E-state index in [0.717, 1.165) is 11.1 Å². The summed E-state index contributed by atoms with van der Waals surface area (Å²) in [6.45, 7) is 7.39. The Labute approximate surface area is 193 Å². The van der Waals surface area contributed by atoms with Crippen LogP contribution in [0.2, 0.25) is 0 Å². The van der Waals surface area contributed by atoms with Gasteiger partial charge in [0.05, 0.1) is 4.90 Å². The first-order chi connectivity index (χ1) is 15.6. The maximum absolute atomic E-state index is 12.9. The molecule has 0 radical (unpaired) electrons. The number of hydrogen-bond donors (Lipinski definition) is 2. The third kappa shape index (κ3) is 6.23. The number of fused-ring (bicyclic) bond motifs is 1. The van der Waals surface area contributed by atoms with Crippen molar-refractivity contribution >= 4 is 27.6 Å². The summed E-state index contributed by atoms with van der Waals surface area (Å²) in [7, 11) is -4.07. The molecule has 0 saturated heterocycles. The number of sulfonamides is 1. The smallest absolute Gasteiger partial charge is 0.324 e. The molecule has 178 valence electrons. The first-order valence-corrected chi connectivity index (χ1v) is 12.0. The number of hydrogen-bond acceptors (Lipinski definition) is 7. The van der Waals surface area contributed by atoms with E-state index in [1.54, 1.807) is 19.9 Å². The van der Waals surface area contributed by atoms with Crippen molar-refractivity contribution in [3.63, 3.8) is 0 Å². The molecule has 0 bridgehead atoms. The molecule has 0 spiro atoms. The van der Waals surface area contributed by atoms with E-state index in [9.17, 15) is 18.0 Å². The molecule has 0 saturated carbocycles. The largest absolute Gasteiger partial charge is 0.486 e. The van der Waals surface area contributed by atoms with Crippen molar-refractivity contribution in [2.45, 2.75) is 38.6 Å². The normalized spacial score (nSPS) is 14.0. The highest BCUT2D eigenvalue weighted by Crippen LogP contribution is 2.32. The molecule has 0 unspecified atom stereocenters. The number of esters is 1. The monoisotopic (exact) mass is 476 g/mol. The second-order valence-electron chi connectivity index (χ2n) is 8.10. The van der Waals surface area contributed by atoms with Crippen LogP contribution in [-0.4, -0.2) is 46.2 Å². The molecule has 2 aromatic rings. The molecular formula is C23H28N2O7S. The van der Waals surface area contributed by atoms with E-state index < -0.39 is 40.5 Å². The van der Waals surface area contributed by atoms with Gasteiger partial charge in [-0.15, -0.1) is 0 Å². The molecular weight excluding hydrogens is 448 g/mol. The van der Waals surface area contributed by atoms with Crippen molar-refractivity contribution in [1.82, 2.24) is 4.72 Å². The van der Waals surface area contributed by atoms with Gasteiger partial charge in [0.1, 0.15) is 19.3 Å². The van der Waals surface area contributed by atoms with E-state index in [2.05, 4.69) is 10.0 Å². The number of amides is 1. The maximum atomic E-state index is 12.9. The molecule has 0 aromatic heterocycles. The average molecular weight is 477 g/mol. The van der Waals surface area contributed by atoms with E-state index in [1.165, 1.54) is 18.2 Å². The number of aryl methyl sites for hydroxylation is 2. The molecule has 1 aliphatic rings. The topological polar surface area (TPSA) is 120 Å². The lowest BCUT2D eigenvalue weighted by Crippen LogP contribution is -2.45. The number of ether oxygens (including phenoxy) is 3. The Morgan fingerprint density at radius 2 is 1.70 bits per heavy atom. The zero-order chi connectivity index (χ0) is 24.2. The SMILES string of the molecule is Cc1ccc(NC(=O)COC(=O)[C@@H](NS(=O)(=O)c2ccc3c(c2)OCCO3)C(C)C)cc1C. The van der Waals surface area contributed by atoms with Gasteiger partial charge in [-0.1, -0.05) is 19.9 Å². The van der Waals surface area contributed by atoms with Crippen LogP contribution in [0.4, 0.5) is 5.69 Å². The fraction of sp³-hybridized carbons (Fsp3) is 0.391. The second kappa shape index (κ2) is 10.2. The number of rotatable bonds is 8. The van der Waals surface area contributed by atoms with Gasteiger partial charge in [0.2, 0.25) is 10.0 Å². The van der Waals surface area contributed by atoms with Crippen LogP contribution < -0.4 is 19.5 Å². The van der Waals surface area contributed by atoms with Gasteiger partial charge < -0.3 is 19.5 Å². The minimum Gasteiger partial charge on any atom is -0.486 e. The molecule has 0 aliphatic carbocycles. The third-order valence-corrected chi connectivity index (χ3v) is 6.60. The number of carbonyl (C=O) groups is 2. The number of anilines is 1. The lowest BCUT2D eigenvalue weighted by molar-refractivity contribution is -0.150. The van der Waals surface area contributed by atoms with Crippen LogP contribution in [-0.2, 0) is 24.3 Å². The molecule has 1 amide bonds. The second-order valence-corrected chi connectivity index (χ2v) is 9.82. The first kappa shape index (κ1) is 24.5. The van der Waals surface area contributed by atoms with E-state index in [-0.39, 0.29) is 4.90 Å². The molecule has 3 rings (SSSR count). The van der Waals surface area contributed by atoms with Crippen LogP contribution in [0.1, 0.15) is 25.0 Å². The van der Waals surface area contributed by atoms with Crippen molar-refractivity contribution in [3.8, 4) is 11.5 Å². The highest BCUT2D eigenvalue weighted by atomic mass is 32.2.